The summed E-state index contributed by atoms with van der Waals surface area (Å²) < 4.78 is 9.46. The second-order valence-corrected chi connectivity index (χ2v) is 5.10. The van der Waals surface area contributed by atoms with Gasteiger partial charge in [-0.2, -0.15) is 9.36 Å². The van der Waals surface area contributed by atoms with Gasteiger partial charge in [-0.1, -0.05) is 35.0 Å². The molecule has 0 aliphatic heterocycles. The lowest BCUT2D eigenvalue weighted by Crippen LogP contribution is -1.86. The van der Waals surface area contributed by atoms with Gasteiger partial charge in [-0.25, -0.2) is 0 Å². The monoisotopic (exact) mass is 272 g/mol. The van der Waals surface area contributed by atoms with E-state index in [4.69, 9.17) is 10.3 Å². The van der Waals surface area contributed by atoms with E-state index in [1.54, 1.807) is 0 Å². The van der Waals surface area contributed by atoms with Crippen LogP contribution >= 0.6 is 11.5 Å². The molecule has 3 aromatic rings. The Hall–Kier alpha value is -2.21. The third-order valence-electron chi connectivity index (χ3n) is 2.84. The lowest BCUT2D eigenvalue weighted by Gasteiger charge is -1.94. The highest BCUT2D eigenvalue weighted by Crippen LogP contribution is 2.32. The molecule has 0 fully saturated rings. The van der Waals surface area contributed by atoms with E-state index >= 15 is 0 Å². The minimum absolute atomic E-state index is 0.416. The molecule has 96 valence electrons. The highest BCUT2D eigenvalue weighted by molar-refractivity contribution is 7.10. The summed E-state index contributed by atoms with van der Waals surface area (Å²) in [5.74, 6) is 0.972. The Bertz CT molecular complexity index is 695. The third-order valence-corrected chi connectivity index (χ3v) is 3.60. The fraction of sp³-hybridized carbons (Fsp3) is 0.154. The van der Waals surface area contributed by atoms with Gasteiger partial charge in [0, 0.05) is 5.56 Å². The molecule has 5 nitrogen and oxygen atoms in total. The Balaban J connectivity index is 2.02. The Morgan fingerprint density at radius 2 is 1.89 bits per heavy atom. The van der Waals surface area contributed by atoms with Gasteiger partial charge in [0.25, 0.3) is 5.89 Å². The Labute approximate surface area is 114 Å². The van der Waals surface area contributed by atoms with Crippen LogP contribution in [0.3, 0.4) is 0 Å². The van der Waals surface area contributed by atoms with Crippen LogP contribution in [-0.2, 0) is 0 Å². The number of benzene rings is 1. The van der Waals surface area contributed by atoms with Gasteiger partial charge >= 0.3 is 0 Å². The lowest BCUT2D eigenvalue weighted by molar-refractivity contribution is 0.432. The van der Waals surface area contributed by atoms with E-state index in [2.05, 4.69) is 14.5 Å². The van der Waals surface area contributed by atoms with E-state index in [0.29, 0.717) is 16.7 Å². The summed E-state index contributed by atoms with van der Waals surface area (Å²) in [6.07, 6.45) is 0. The van der Waals surface area contributed by atoms with E-state index in [-0.39, 0.29) is 0 Å². The summed E-state index contributed by atoms with van der Waals surface area (Å²) >= 11 is 1.23. The minimum atomic E-state index is 0.416. The van der Waals surface area contributed by atoms with Crippen LogP contribution in [0.5, 0.6) is 0 Å². The summed E-state index contributed by atoms with van der Waals surface area (Å²) in [5, 5.41) is 4.58. The summed E-state index contributed by atoms with van der Waals surface area (Å²) in [6, 6.07) is 7.95. The second-order valence-electron chi connectivity index (χ2n) is 4.30. The van der Waals surface area contributed by atoms with E-state index in [1.165, 1.54) is 17.1 Å². The van der Waals surface area contributed by atoms with Crippen molar-refractivity contribution in [3.8, 4) is 22.8 Å². The summed E-state index contributed by atoms with van der Waals surface area (Å²) in [4.78, 5) is 4.38. The van der Waals surface area contributed by atoms with Crippen molar-refractivity contribution in [2.75, 3.05) is 5.73 Å². The molecule has 0 unspecified atom stereocenters. The zero-order valence-electron chi connectivity index (χ0n) is 10.5. The predicted molar refractivity (Wildman–Crippen MR) is 74.7 cm³/mol. The molecule has 2 heterocycles. The molecule has 0 aliphatic carbocycles. The van der Waals surface area contributed by atoms with Crippen molar-refractivity contribution in [1.29, 1.82) is 0 Å². The van der Waals surface area contributed by atoms with E-state index < -0.39 is 0 Å². The SMILES string of the molecule is Cc1ccc(-c2noc(-c3c(C)nsc3N)n2)cc1. The van der Waals surface area contributed by atoms with Gasteiger partial charge in [-0.05, 0) is 25.4 Å². The van der Waals surface area contributed by atoms with E-state index in [0.717, 1.165) is 16.8 Å². The van der Waals surface area contributed by atoms with Crippen molar-refractivity contribution in [3.63, 3.8) is 0 Å². The number of anilines is 1. The number of nitrogens with two attached hydrogens (primary N) is 1. The Kier molecular flexibility index (Phi) is 2.79. The summed E-state index contributed by atoms with van der Waals surface area (Å²) in [5.41, 5.74) is 9.51. The van der Waals surface area contributed by atoms with Gasteiger partial charge in [0.1, 0.15) is 5.00 Å². The largest absolute Gasteiger partial charge is 0.389 e. The standard InChI is InChI=1S/C13H12N4OS/c1-7-3-5-9(6-4-7)12-15-13(18-16-12)10-8(2)17-19-11(10)14/h3-6H,14H2,1-2H3. The first-order chi connectivity index (χ1) is 9.15. The van der Waals surface area contributed by atoms with Crippen molar-refractivity contribution in [2.24, 2.45) is 0 Å². The first-order valence-corrected chi connectivity index (χ1v) is 6.55. The van der Waals surface area contributed by atoms with Crippen LogP contribution in [0.2, 0.25) is 0 Å². The van der Waals surface area contributed by atoms with Crippen LogP contribution in [0.4, 0.5) is 5.00 Å². The lowest BCUT2D eigenvalue weighted by atomic mass is 10.1. The third kappa shape index (κ3) is 2.10. The zero-order valence-corrected chi connectivity index (χ0v) is 11.4. The summed E-state index contributed by atoms with van der Waals surface area (Å²) in [7, 11) is 0. The number of aryl methyl sites for hydroxylation is 2. The Morgan fingerprint density at radius 1 is 1.16 bits per heavy atom. The maximum atomic E-state index is 5.87. The fourth-order valence-electron chi connectivity index (χ4n) is 1.79. The minimum Gasteiger partial charge on any atom is -0.389 e. The van der Waals surface area contributed by atoms with Gasteiger partial charge in [-0.15, -0.1) is 0 Å². The zero-order chi connectivity index (χ0) is 13.4. The van der Waals surface area contributed by atoms with Crippen LogP contribution in [0.1, 0.15) is 11.3 Å². The molecule has 2 N–H and O–H groups in total. The molecule has 0 spiro atoms. The van der Waals surface area contributed by atoms with Gasteiger partial charge in [0.2, 0.25) is 5.82 Å². The van der Waals surface area contributed by atoms with Crippen LogP contribution in [-0.4, -0.2) is 14.5 Å². The average Bonchev–Trinajstić information content (AvgIpc) is 2.98. The molecule has 19 heavy (non-hydrogen) atoms. The fourth-order valence-corrected chi connectivity index (χ4v) is 2.45. The van der Waals surface area contributed by atoms with E-state index in [9.17, 15) is 0 Å². The summed E-state index contributed by atoms with van der Waals surface area (Å²) in [6.45, 7) is 3.91. The second kappa shape index (κ2) is 4.47. The number of nitrogen functional groups attached to an aromatic ring is 1. The highest BCUT2D eigenvalue weighted by Gasteiger charge is 2.17. The molecule has 1 aromatic carbocycles. The van der Waals surface area contributed by atoms with Crippen molar-refractivity contribution in [2.45, 2.75) is 13.8 Å². The molecule has 3 rings (SSSR count). The number of hydrogen-bond acceptors (Lipinski definition) is 6. The van der Waals surface area contributed by atoms with Gasteiger partial charge in [0.15, 0.2) is 0 Å². The van der Waals surface area contributed by atoms with E-state index in [1.807, 2.05) is 38.1 Å². The number of aromatic nitrogens is 3. The molecule has 0 atom stereocenters. The van der Waals surface area contributed by atoms with Crippen LogP contribution in [0.25, 0.3) is 22.8 Å². The van der Waals surface area contributed by atoms with Gasteiger partial charge < -0.3 is 10.3 Å². The van der Waals surface area contributed by atoms with Crippen LogP contribution in [0.15, 0.2) is 28.8 Å². The molecule has 0 saturated heterocycles. The van der Waals surface area contributed by atoms with Crippen molar-refractivity contribution < 1.29 is 4.52 Å². The van der Waals surface area contributed by atoms with Crippen molar-refractivity contribution in [3.05, 3.63) is 35.5 Å². The molecule has 0 aliphatic rings. The molecule has 0 amide bonds. The highest BCUT2D eigenvalue weighted by atomic mass is 32.1. The quantitative estimate of drug-likeness (QED) is 0.775. The molecule has 0 bridgehead atoms. The molecule has 2 aromatic heterocycles. The molecular formula is C13H12N4OS. The number of rotatable bonds is 2. The normalized spacial score (nSPS) is 10.8. The molecule has 0 radical (unpaired) electrons. The number of nitrogens with zero attached hydrogens (tertiary/aromatic N) is 3. The topological polar surface area (TPSA) is 77.8 Å². The predicted octanol–water partition coefficient (Wildman–Crippen LogP) is 3.06. The van der Waals surface area contributed by atoms with Crippen molar-refractivity contribution >= 4 is 16.5 Å². The van der Waals surface area contributed by atoms with Gasteiger partial charge in [-0.3, -0.25) is 0 Å². The first kappa shape index (κ1) is 11.9. The Morgan fingerprint density at radius 3 is 2.53 bits per heavy atom. The van der Waals surface area contributed by atoms with Crippen LogP contribution in [0, 0.1) is 13.8 Å². The molecule has 6 heteroatoms. The number of hydrogen-bond donors (Lipinski definition) is 1. The van der Waals surface area contributed by atoms with Crippen molar-refractivity contribution in [1.82, 2.24) is 14.5 Å². The smallest absolute Gasteiger partial charge is 0.263 e. The van der Waals surface area contributed by atoms with Gasteiger partial charge in [0.05, 0.1) is 11.3 Å². The maximum absolute atomic E-state index is 5.87. The average molecular weight is 272 g/mol. The molecule has 0 saturated carbocycles. The molecular weight excluding hydrogens is 260 g/mol. The first-order valence-electron chi connectivity index (χ1n) is 5.78. The maximum Gasteiger partial charge on any atom is 0.263 e. The van der Waals surface area contributed by atoms with Crippen LogP contribution < -0.4 is 5.73 Å².